The average Bonchev–Trinajstić information content (AvgIpc) is 3.06. The first-order valence-electron chi connectivity index (χ1n) is 8.07. The van der Waals surface area contributed by atoms with E-state index in [0.717, 1.165) is 17.7 Å². The summed E-state index contributed by atoms with van der Waals surface area (Å²) >= 11 is 0. The molecule has 1 aliphatic heterocycles. The summed E-state index contributed by atoms with van der Waals surface area (Å²) < 4.78 is 43.6. The van der Waals surface area contributed by atoms with Crippen molar-refractivity contribution in [1.29, 1.82) is 0 Å². The minimum atomic E-state index is -4.50. The van der Waals surface area contributed by atoms with Crippen LogP contribution in [0.3, 0.4) is 0 Å². The standard InChI is InChI=1S/C18H17F3N2O3/c1-12-5-10-26-15(12)17(25)23-8-6-22(7-9-23)16(24)13-3-2-4-14(11-13)18(19,20)21/h2-5,10-11H,6-9H2,1H3. The largest absolute Gasteiger partial charge is 0.459 e. The second kappa shape index (κ2) is 6.86. The summed E-state index contributed by atoms with van der Waals surface area (Å²) in [4.78, 5) is 27.9. The van der Waals surface area contributed by atoms with Crippen LogP contribution in [0.15, 0.2) is 41.0 Å². The first kappa shape index (κ1) is 18.0. The quantitative estimate of drug-likeness (QED) is 0.820. The molecule has 1 fully saturated rings. The number of carbonyl (C=O) groups is 2. The molecule has 2 amide bonds. The number of furan rings is 1. The average molecular weight is 366 g/mol. The van der Waals surface area contributed by atoms with E-state index in [1.165, 1.54) is 23.3 Å². The van der Waals surface area contributed by atoms with E-state index in [2.05, 4.69) is 0 Å². The van der Waals surface area contributed by atoms with Crippen LogP contribution in [0.5, 0.6) is 0 Å². The van der Waals surface area contributed by atoms with Gasteiger partial charge in [-0.05, 0) is 31.2 Å². The smallest absolute Gasteiger partial charge is 0.416 e. The topological polar surface area (TPSA) is 53.8 Å². The van der Waals surface area contributed by atoms with E-state index in [-0.39, 0.29) is 30.3 Å². The Bertz CT molecular complexity index is 821. The van der Waals surface area contributed by atoms with E-state index < -0.39 is 17.6 Å². The highest BCUT2D eigenvalue weighted by molar-refractivity contribution is 5.95. The van der Waals surface area contributed by atoms with Gasteiger partial charge in [0.05, 0.1) is 11.8 Å². The highest BCUT2D eigenvalue weighted by Gasteiger charge is 2.32. The van der Waals surface area contributed by atoms with E-state index >= 15 is 0 Å². The first-order chi connectivity index (χ1) is 12.3. The zero-order valence-corrected chi connectivity index (χ0v) is 14.0. The lowest BCUT2D eigenvalue weighted by Gasteiger charge is -2.34. The van der Waals surface area contributed by atoms with Gasteiger partial charge >= 0.3 is 6.18 Å². The minimum Gasteiger partial charge on any atom is -0.459 e. The number of piperazine rings is 1. The van der Waals surface area contributed by atoms with Crippen LogP contribution < -0.4 is 0 Å². The summed E-state index contributed by atoms with van der Waals surface area (Å²) in [5.41, 5.74) is -0.135. The van der Waals surface area contributed by atoms with Crippen molar-refractivity contribution in [1.82, 2.24) is 9.80 Å². The van der Waals surface area contributed by atoms with Crippen molar-refractivity contribution >= 4 is 11.8 Å². The number of nitrogens with zero attached hydrogens (tertiary/aromatic N) is 2. The molecule has 0 radical (unpaired) electrons. The van der Waals surface area contributed by atoms with Gasteiger partial charge in [0.15, 0.2) is 5.76 Å². The summed E-state index contributed by atoms with van der Waals surface area (Å²) in [6, 6.07) is 6.06. The molecule has 1 aliphatic rings. The molecule has 0 bridgehead atoms. The molecule has 8 heteroatoms. The molecule has 0 atom stereocenters. The lowest BCUT2D eigenvalue weighted by molar-refractivity contribution is -0.137. The number of halogens is 3. The molecule has 2 heterocycles. The third kappa shape index (κ3) is 3.58. The number of amides is 2. The van der Waals surface area contributed by atoms with E-state index in [1.807, 2.05) is 0 Å². The van der Waals surface area contributed by atoms with Crippen molar-refractivity contribution in [2.24, 2.45) is 0 Å². The monoisotopic (exact) mass is 366 g/mol. The third-order valence-electron chi connectivity index (χ3n) is 4.35. The molecule has 5 nitrogen and oxygen atoms in total. The SMILES string of the molecule is Cc1ccoc1C(=O)N1CCN(C(=O)c2cccc(C(F)(F)F)c2)CC1. The van der Waals surface area contributed by atoms with Gasteiger partial charge in [-0.1, -0.05) is 6.07 Å². The predicted molar refractivity (Wildman–Crippen MR) is 86.7 cm³/mol. The van der Waals surface area contributed by atoms with Crippen molar-refractivity contribution < 1.29 is 27.2 Å². The van der Waals surface area contributed by atoms with Crippen LogP contribution in [0.25, 0.3) is 0 Å². The van der Waals surface area contributed by atoms with Crippen LogP contribution in [0.2, 0.25) is 0 Å². The highest BCUT2D eigenvalue weighted by atomic mass is 19.4. The van der Waals surface area contributed by atoms with Crippen LogP contribution in [-0.4, -0.2) is 47.8 Å². The van der Waals surface area contributed by atoms with Crippen LogP contribution in [-0.2, 0) is 6.18 Å². The van der Waals surface area contributed by atoms with Crippen LogP contribution in [0.1, 0.15) is 32.0 Å². The minimum absolute atomic E-state index is 0.0125. The molecule has 1 saturated heterocycles. The van der Waals surface area contributed by atoms with Crippen molar-refractivity contribution in [2.75, 3.05) is 26.2 Å². The molecule has 0 N–H and O–H groups in total. The molecule has 0 saturated carbocycles. The van der Waals surface area contributed by atoms with Crippen molar-refractivity contribution in [3.05, 3.63) is 59.0 Å². The van der Waals surface area contributed by atoms with Gasteiger partial charge in [-0.3, -0.25) is 9.59 Å². The highest BCUT2D eigenvalue weighted by Crippen LogP contribution is 2.29. The van der Waals surface area contributed by atoms with Gasteiger partial charge in [0.25, 0.3) is 11.8 Å². The van der Waals surface area contributed by atoms with E-state index in [0.29, 0.717) is 13.1 Å². The van der Waals surface area contributed by atoms with Crippen molar-refractivity contribution in [3.63, 3.8) is 0 Å². The van der Waals surface area contributed by atoms with Gasteiger partial charge in [-0.15, -0.1) is 0 Å². The summed E-state index contributed by atoms with van der Waals surface area (Å²) in [5, 5.41) is 0. The number of hydrogen-bond donors (Lipinski definition) is 0. The molecule has 3 rings (SSSR count). The maximum atomic E-state index is 12.8. The van der Waals surface area contributed by atoms with Gasteiger partial charge in [-0.25, -0.2) is 0 Å². The molecule has 2 aromatic rings. The third-order valence-corrected chi connectivity index (χ3v) is 4.35. The Morgan fingerprint density at radius 1 is 1.00 bits per heavy atom. The number of alkyl halides is 3. The Labute approximate surface area is 148 Å². The molecule has 1 aromatic carbocycles. The van der Waals surface area contributed by atoms with Gasteiger partial charge < -0.3 is 14.2 Å². The van der Waals surface area contributed by atoms with E-state index in [9.17, 15) is 22.8 Å². The molecule has 0 unspecified atom stereocenters. The summed E-state index contributed by atoms with van der Waals surface area (Å²) in [6.07, 6.45) is -3.06. The molecule has 1 aromatic heterocycles. The maximum absolute atomic E-state index is 12.8. The molecular formula is C18H17F3N2O3. The lowest BCUT2D eigenvalue weighted by atomic mass is 10.1. The second-order valence-corrected chi connectivity index (χ2v) is 6.10. The number of rotatable bonds is 2. The Hall–Kier alpha value is -2.77. The molecule has 0 aliphatic carbocycles. The molecule has 0 spiro atoms. The van der Waals surface area contributed by atoms with Gasteiger partial charge in [0, 0.05) is 37.3 Å². The molecule has 26 heavy (non-hydrogen) atoms. The van der Waals surface area contributed by atoms with E-state index in [1.54, 1.807) is 17.9 Å². The summed E-state index contributed by atoms with van der Waals surface area (Å²) in [6.45, 7) is 2.86. The molecular weight excluding hydrogens is 349 g/mol. The fraction of sp³-hybridized carbons (Fsp3) is 0.333. The van der Waals surface area contributed by atoms with Gasteiger partial charge in [-0.2, -0.15) is 13.2 Å². The summed E-state index contributed by atoms with van der Waals surface area (Å²) in [5.74, 6) is -0.460. The Kier molecular flexibility index (Phi) is 4.76. The van der Waals surface area contributed by atoms with Crippen molar-refractivity contribution in [2.45, 2.75) is 13.1 Å². The maximum Gasteiger partial charge on any atom is 0.416 e. The van der Waals surface area contributed by atoms with Gasteiger partial charge in [0.2, 0.25) is 0 Å². The number of aryl methyl sites for hydroxylation is 1. The van der Waals surface area contributed by atoms with E-state index in [4.69, 9.17) is 4.42 Å². The zero-order valence-electron chi connectivity index (χ0n) is 14.0. The van der Waals surface area contributed by atoms with Crippen molar-refractivity contribution in [3.8, 4) is 0 Å². The zero-order chi connectivity index (χ0) is 18.9. The van der Waals surface area contributed by atoms with Crippen LogP contribution >= 0.6 is 0 Å². The fourth-order valence-electron chi connectivity index (χ4n) is 2.86. The van der Waals surface area contributed by atoms with Crippen LogP contribution in [0, 0.1) is 6.92 Å². The predicted octanol–water partition coefficient (Wildman–Crippen LogP) is 3.21. The van der Waals surface area contributed by atoms with Crippen LogP contribution in [0.4, 0.5) is 13.2 Å². The Balaban J connectivity index is 1.66. The van der Waals surface area contributed by atoms with Gasteiger partial charge in [0.1, 0.15) is 0 Å². The second-order valence-electron chi connectivity index (χ2n) is 6.10. The number of hydrogen-bond acceptors (Lipinski definition) is 3. The summed E-state index contributed by atoms with van der Waals surface area (Å²) in [7, 11) is 0. The number of benzene rings is 1. The normalized spacial score (nSPS) is 15.2. The Morgan fingerprint density at radius 2 is 1.62 bits per heavy atom. The first-order valence-corrected chi connectivity index (χ1v) is 8.07. The number of carbonyl (C=O) groups excluding carboxylic acids is 2. The fourth-order valence-corrected chi connectivity index (χ4v) is 2.86. The molecule has 138 valence electrons. The lowest BCUT2D eigenvalue weighted by Crippen LogP contribution is -2.50. The Morgan fingerprint density at radius 3 is 2.15 bits per heavy atom.